The van der Waals surface area contributed by atoms with Gasteiger partial charge in [0.25, 0.3) is 0 Å². The SMILES string of the molecule is OCC1OC(OCCCc2nc(-c3cccc4ccccc34)cs2)C(O)C(O)C1O. The minimum absolute atomic E-state index is 0.284. The summed E-state index contributed by atoms with van der Waals surface area (Å²) in [5.41, 5.74) is 2.05. The summed E-state index contributed by atoms with van der Waals surface area (Å²) in [6.07, 6.45) is -4.89. The Kier molecular flexibility index (Phi) is 6.74. The number of thiazole rings is 1. The second kappa shape index (κ2) is 9.49. The molecule has 0 saturated carbocycles. The Labute approximate surface area is 178 Å². The van der Waals surface area contributed by atoms with Gasteiger partial charge in [0.2, 0.25) is 0 Å². The highest BCUT2D eigenvalue weighted by Crippen LogP contribution is 2.30. The van der Waals surface area contributed by atoms with E-state index in [9.17, 15) is 20.4 Å². The molecule has 1 aliphatic rings. The van der Waals surface area contributed by atoms with Crippen molar-refractivity contribution in [3.63, 3.8) is 0 Å². The molecule has 1 aromatic heterocycles. The van der Waals surface area contributed by atoms with Crippen LogP contribution in [0, 0.1) is 0 Å². The first kappa shape index (κ1) is 21.3. The largest absolute Gasteiger partial charge is 0.394 e. The molecule has 3 aromatic rings. The standard InChI is InChI=1S/C22H25NO6S/c24-11-17-19(25)20(26)21(27)22(29-17)28-10-4-9-18-23-16(12-30-18)15-8-3-6-13-5-1-2-7-14(13)15/h1-3,5-8,12,17,19-22,24-27H,4,9-11H2. The molecule has 160 valence electrons. The van der Waals surface area contributed by atoms with E-state index in [1.807, 2.05) is 18.2 Å². The zero-order valence-corrected chi connectivity index (χ0v) is 17.1. The fourth-order valence-corrected chi connectivity index (χ4v) is 4.47. The maximum Gasteiger partial charge on any atom is 0.186 e. The van der Waals surface area contributed by atoms with Gasteiger partial charge in [0.15, 0.2) is 6.29 Å². The molecule has 0 bridgehead atoms. The third-order valence-electron chi connectivity index (χ3n) is 5.28. The van der Waals surface area contributed by atoms with Crippen molar-refractivity contribution in [2.45, 2.75) is 43.5 Å². The lowest BCUT2D eigenvalue weighted by atomic mass is 9.99. The van der Waals surface area contributed by atoms with Gasteiger partial charge in [-0.25, -0.2) is 4.98 Å². The summed E-state index contributed by atoms with van der Waals surface area (Å²) in [5.74, 6) is 0. The lowest BCUT2D eigenvalue weighted by Crippen LogP contribution is -2.59. The van der Waals surface area contributed by atoms with Gasteiger partial charge >= 0.3 is 0 Å². The first-order valence-corrected chi connectivity index (χ1v) is 10.8. The smallest absolute Gasteiger partial charge is 0.186 e. The van der Waals surface area contributed by atoms with Crippen molar-refractivity contribution in [2.75, 3.05) is 13.2 Å². The van der Waals surface area contributed by atoms with Crippen LogP contribution in [0.2, 0.25) is 0 Å². The molecular formula is C22H25NO6S. The summed E-state index contributed by atoms with van der Waals surface area (Å²) in [5, 5.41) is 44.2. The number of aliphatic hydroxyl groups excluding tert-OH is 4. The monoisotopic (exact) mass is 431 g/mol. The third kappa shape index (κ3) is 4.40. The molecule has 8 heteroatoms. The number of nitrogens with zero attached hydrogens (tertiary/aromatic N) is 1. The van der Waals surface area contributed by atoms with Crippen molar-refractivity contribution in [3.05, 3.63) is 52.9 Å². The van der Waals surface area contributed by atoms with Gasteiger partial charge in [0, 0.05) is 17.4 Å². The lowest BCUT2D eigenvalue weighted by Gasteiger charge is -2.39. The summed E-state index contributed by atoms with van der Waals surface area (Å²) >= 11 is 1.59. The maximum absolute atomic E-state index is 10.0. The van der Waals surface area contributed by atoms with E-state index in [0.29, 0.717) is 12.8 Å². The number of hydrogen-bond acceptors (Lipinski definition) is 8. The molecule has 4 N–H and O–H groups in total. The average molecular weight is 432 g/mol. The minimum Gasteiger partial charge on any atom is -0.394 e. The number of ether oxygens (including phenoxy) is 2. The summed E-state index contributed by atoms with van der Waals surface area (Å²) in [6, 6.07) is 14.4. The van der Waals surface area contributed by atoms with Gasteiger partial charge in [0.05, 0.1) is 23.9 Å². The highest BCUT2D eigenvalue weighted by Gasteiger charge is 2.43. The van der Waals surface area contributed by atoms with Gasteiger partial charge in [0.1, 0.15) is 24.4 Å². The number of hydrogen-bond donors (Lipinski definition) is 4. The highest BCUT2D eigenvalue weighted by atomic mass is 32.1. The van der Waals surface area contributed by atoms with E-state index in [4.69, 9.17) is 14.5 Å². The summed E-state index contributed by atoms with van der Waals surface area (Å²) in [7, 11) is 0. The molecule has 5 atom stereocenters. The Hall–Kier alpha value is -1.91. The fourth-order valence-electron chi connectivity index (χ4n) is 3.63. The van der Waals surface area contributed by atoms with Crippen molar-refractivity contribution in [2.24, 2.45) is 0 Å². The number of aromatic nitrogens is 1. The predicted octanol–water partition coefficient (Wildman–Crippen LogP) is 1.71. The first-order valence-electron chi connectivity index (χ1n) is 9.93. The third-order valence-corrected chi connectivity index (χ3v) is 6.19. The van der Waals surface area contributed by atoms with E-state index in [1.165, 1.54) is 10.8 Å². The number of benzene rings is 2. The first-order chi connectivity index (χ1) is 14.6. The normalized spacial score (nSPS) is 26.9. The van der Waals surface area contributed by atoms with Crippen LogP contribution in [-0.4, -0.2) is 69.3 Å². The van der Waals surface area contributed by atoms with E-state index in [-0.39, 0.29) is 6.61 Å². The zero-order chi connectivity index (χ0) is 21.1. The molecule has 1 saturated heterocycles. The van der Waals surface area contributed by atoms with E-state index < -0.39 is 37.3 Å². The molecule has 30 heavy (non-hydrogen) atoms. The van der Waals surface area contributed by atoms with Crippen molar-refractivity contribution in [1.82, 2.24) is 4.98 Å². The molecule has 0 aliphatic carbocycles. The van der Waals surface area contributed by atoms with Crippen molar-refractivity contribution in [3.8, 4) is 11.3 Å². The van der Waals surface area contributed by atoms with E-state index in [2.05, 4.69) is 29.6 Å². The Balaban J connectivity index is 1.33. The van der Waals surface area contributed by atoms with Crippen molar-refractivity contribution < 1.29 is 29.9 Å². The molecule has 7 nitrogen and oxygen atoms in total. The molecule has 0 radical (unpaired) electrons. The van der Waals surface area contributed by atoms with Crippen LogP contribution in [0.4, 0.5) is 0 Å². The fraction of sp³-hybridized carbons (Fsp3) is 0.409. The molecule has 2 heterocycles. The average Bonchev–Trinajstić information content (AvgIpc) is 3.25. The molecule has 5 unspecified atom stereocenters. The zero-order valence-electron chi connectivity index (χ0n) is 16.3. The maximum atomic E-state index is 10.0. The van der Waals surface area contributed by atoms with Crippen molar-refractivity contribution in [1.29, 1.82) is 0 Å². The lowest BCUT2D eigenvalue weighted by molar-refractivity contribution is -0.301. The summed E-state index contributed by atoms with van der Waals surface area (Å²) < 4.78 is 10.9. The Morgan fingerprint density at radius 1 is 1.00 bits per heavy atom. The van der Waals surface area contributed by atoms with Crippen LogP contribution in [0.25, 0.3) is 22.0 Å². The van der Waals surface area contributed by atoms with Crippen LogP contribution in [-0.2, 0) is 15.9 Å². The second-order valence-electron chi connectivity index (χ2n) is 7.32. The van der Waals surface area contributed by atoms with E-state index in [1.54, 1.807) is 11.3 Å². The molecule has 1 fully saturated rings. The van der Waals surface area contributed by atoms with Crippen LogP contribution in [0.5, 0.6) is 0 Å². The molecule has 0 amide bonds. The van der Waals surface area contributed by atoms with Crippen LogP contribution in [0.3, 0.4) is 0 Å². The summed E-state index contributed by atoms with van der Waals surface area (Å²) in [4.78, 5) is 4.75. The van der Waals surface area contributed by atoms with Crippen LogP contribution < -0.4 is 0 Å². The molecule has 2 aromatic carbocycles. The number of fused-ring (bicyclic) bond motifs is 1. The number of aryl methyl sites for hydroxylation is 1. The van der Waals surface area contributed by atoms with Gasteiger partial charge in [-0.15, -0.1) is 11.3 Å². The van der Waals surface area contributed by atoms with Crippen molar-refractivity contribution >= 4 is 22.1 Å². The quantitative estimate of drug-likeness (QED) is 0.421. The Morgan fingerprint density at radius 3 is 2.63 bits per heavy atom. The van der Waals surface area contributed by atoms with Crippen LogP contribution in [0.15, 0.2) is 47.8 Å². The van der Waals surface area contributed by atoms with Crippen LogP contribution >= 0.6 is 11.3 Å². The van der Waals surface area contributed by atoms with Gasteiger partial charge in [-0.2, -0.15) is 0 Å². The molecular weight excluding hydrogens is 406 g/mol. The van der Waals surface area contributed by atoms with Gasteiger partial charge in [-0.05, 0) is 17.2 Å². The predicted molar refractivity (Wildman–Crippen MR) is 113 cm³/mol. The molecule has 0 spiro atoms. The number of aliphatic hydroxyl groups is 4. The van der Waals surface area contributed by atoms with Crippen LogP contribution in [0.1, 0.15) is 11.4 Å². The minimum atomic E-state index is -1.43. The second-order valence-corrected chi connectivity index (χ2v) is 8.27. The topological polar surface area (TPSA) is 112 Å². The Morgan fingerprint density at radius 2 is 1.80 bits per heavy atom. The van der Waals surface area contributed by atoms with E-state index >= 15 is 0 Å². The van der Waals surface area contributed by atoms with Gasteiger partial charge in [-0.3, -0.25) is 0 Å². The molecule has 4 rings (SSSR count). The number of rotatable bonds is 7. The van der Waals surface area contributed by atoms with Gasteiger partial charge in [-0.1, -0.05) is 42.5 Å². The summed E-state index contributed by atoms with van der Waals surface area (Å²) in [6.45, 7) is -0.188. The molecule has 1 aliphatic heterocycles. The highest BCUT2D eigenvalue weighted by molar-refractivity contribution is 7.09. The van der Waals surface area contributed by atoms with Gasteiger partial charge < -0.3 is 29.9 Å². The Bertz CT molecular complexity index is 972. The van der Waals surface area contributed by atoms with E-state index in [0.717, 1.165) is 16.3 Å².